The molecule has 1 rings (SSSR count). The molecular formula is C15H25N3O3. The van der Waals surface area contributed by atoms with E-state index in [1.165, 1.54) is 11.0 Å². The Balaban J connectivity index is 2.38. The smallest absolute Gasteiger partial charge is 0.246 e. The van der Waals surface area contributed by atoms with Crippen molar-refractivity contribution in [3.05, 3.63) is 12.7 Å². The number of likely N-dealkylation sites (tertiary alicyclic amines) is 1. The first kappa shape index (κ1) is 17.2. The SMILES string of the molecule is C=CC(=O)N(C)CC(=O)N1CCC(C(=O)NCCC)CC1. The average molecular weight is 295 g/mol. The molecule has 1 aliphatic heterocycles. The van der Waals surface area contributed by atoms with Crippen LogP contribution < -0.4 is 5.32 Å². The lowest BCUT2D eigenvalue weighted by atomic mass is 9.96. The Labute approximate surface area is 126 Å². The Morgan fingerprint density at radius 1 is 1.33 bits per heavy atom. The normalized spacial score (nSPS) is 15.4. The molecular weight excluding hydrogens is 270 g/mol. The van der Waals surface area contributed by atoms with E-state index in [-0.39, 0.29) is 30.2 Å². The van der Waals surface area contributed by atoms with Gasteiger partial charge >= 0.3 is 0 Å². The molecule has 118 valence electrons. The topological polar surface area (TPSA) is 69.7 Å². The summed E-state index contributed by atoms with van der Waals surface area (Å²) in [5.74, 6) is -0.270. The highest BCUT2D eigenvalue weighted by molar-refractivity contribution is 5.90. The highest BCUT2D eigenvalue weighted by atomic mass is 16.2. The summed E-state index contributed by atoms with van der Waals surface area (Å²) < 4.78 is 0. The predicted molar refractivity (Wildman–Crippen MR) is 80.4 cm³/mol. The van der Waals surface area contributed by atoms with Crippen LogP contribution in [0.25, 0.3) is 0 Å². The monoisotopic (exact) mass is 295 g/mol. The maximum absolute atomic E-state index is 12.1. The van der Waals surface area contributed by atoms with E-state index in [0.29, 0.717) is 32.5 Å². The number of piperidine rings is 1. The number of hydrogen-bond acceptors (Lipinski definition) is 3. The fraction of sp³-hybridized carbons (Fsp3) is 0.667. The summed E-state index contributed by atoms with van der Waals surface area (Å²) in [6.45, 7) is 7.30. The Morgan fingerprint density at radius 3 is 2.48 bits per heavy atom. The Morgan fingerprint density at radius 2 is 1.95 bits per heavy atom. The first-order valence-electron chi connectivity index (χ1n) is 7.42. The predicted octanol–water partition coefficient (Wildman–Crippen LogP) is 0.396. The van der Waals surface area contributed by atoms with Gasteiger partial charge in [0.15, 0.2) is 0 Å². The third-order valence-electron chi connectivity index (χ3n) is 3.69. The summed E-state index contributed by atoms with van der Waals surface area (Å²) in [5.41, 5.74) is 0. The first-order chi connectivity index (χ1) is 9.99. The maximum Gasteiger partial charge on any atom is 0.246 e. The third-order valence-corrected chi connectivity index (χ3v) is 3.69. The van der Waals surface area contributed by atoms with Crippen molar-refractivity contribution in [3.63, 3.8) is 0 Å². The van der Waals surface area contributed by atoms with Crippen LogP contribution in [-0.4, -0.2) is 60.7 Å². The fourth-order valence-corrected chi connectivity index (χ4v) is 2.32. The average Bonchev–Trinajstić information content (AvgIpc) is 2.51. The summed E-state index contributed by atoms with van der Waals surface area (Å²) in [6.07, 6.45) is 3.48. The van der Waals surface area contributed by atoms with Gasteiger partial charge in [-0.25, -0.2) is 0 Å². The minimum absolute atomic E-state index is 0.00635. The van der Waals surface area contributed by atoms with E-state index in [9.17, 15) is 14.4 Å². The number of likely N-dealkylation sites (N-methyl/N-ethyl adjacent to an activating group) is 1. The van der Waals surface area contributed by atoms with Gasteiger partial charge in [0.05, 0.1) is 6.54 Å². The second-order valence-electron chi connectivity index (χ2n) is 5.34. The van der Waals surface area contributed by atoms with E-state index < -0.39 is 0 Å². The van der Waals surface area contributed by atoms with Gasteiger partial charge in [0.1, 0.15) is 0 Å². The molecule has 0 unspecified atom stereocenters. The number of carbonyl (C=O) groups excluding carboxylic acids is 3. The largest absolute Gasteiger partial charge is 0.356 e. The van der Waals surface area contributed by atoms with Gasteiger partial charge in [-0.2, -0.15) is 0 Å². The van der Waals surface area contributed by atoms with Gasteiger partial charge in [-0.1, -0.05) is 13.5 Å². The van der Waals surface area contributed by atoms with E-state index in [4.69, 9.17) is 0 Å². The molecule has 21 heavy (non-hydrogen) atoms. The van der Waals surface area contributed by atoms with Gasteiger partial charge in [0.25, 0.3) is 0 Å². The van der Waals surface area contributed by atoms with Gasteiger partial charge in [-0.05, 0) is 25.3 Å². The summed E-state index contributed by atoms with van der Waals surface area (Å²) >= 11 is 0. The van der Waals surface area contributed by atoms with Crippen molar-refractivity contribution in [1.82, 2.24) is 15.1 Å². The van der Waals surface area contributed by atoms with E-state index in [2.05, 4.69) is 11.9 Å². The van der Waals surface area contributed by atoms with E-state index in [1.807, 2.05) is 6.92 Å². The van der Waals surface area contributed by atoms with Crippen molar-refractivity contribution < 1.29 is 14.4 Å². The van der Waals surface area contributed by atoms with Gasteiger partial charge in [0.2, 0.25) is 17.7 Å². The number of carbonyl (C=O) groups is 3. The van der Waals surface area contributed by atoms with Crippen molar-refractivity contribution in [2.75, 3.05) is 33.2 Å². The molecule has 1 N–H and O–H groups in total. The number of rotatable bonds is 6. The van der Waals surface area contributed by atoms with Crippen molar-refractivity contribution in [2.24, 2.45) is 5.92 Å². The Bertz CT molecular complexity index is 401. The van der Waals surface area contributed by atoms with Crippen LogP contribution in [0.2, 0.25) is 0 Å². The molecule has 1 aliphatic rings. The second-order valence-corrected chi connectivity index (χ2v) is 5.34. The molecule has 0 aromatic heterocycles. The van der Waals surface area contributed by atoms with Crippen LogP contribution in [0, 0.1) is 5.92 Å². The molecule has 0 saturated carbocycles. The van der Waals surface area contributed by atoms with Crippen LogP contribution in [0.3, 0.4) is 0 Å². The molecule has 1 fully saturated rings. The second kappa shape index (κ2) is 8.44. The van der Waals surface area contributed by atoms with Crippen LogP contribution >= 0.6 is 0 Å². The molecule has 0 aromatic rings. The van der Waals surface area contributed by atoms with Crippen LogP contribution in [-0.2, 0) is 14.4 Å². The first-order valence-corrected chi connectivity index (χ1v) is 7.42. The molecule has 1 heterocycles. The zero-order chi connectivity index (χ0) is 15.8. The summed E-state index contributed by atoms with van der Waals surface area (Å²) in [7, 11) is 1.58. The zero-order valence-corrected chi connectivity index (χ0v) is 12.9. The molecule has 0 bridgehead atoms. The molecule has 0 aromatic carbocycles. The molecule has 6 heteroatoms. The molecule has 0 aliphatic carbocycles. The zero-order valence-electron chi connectivity index (χ0n) is 12.9. The van der Waals surface area contributed by atoms with Gasteiger partial charge in [0, 0.05) is 32.6 Å². The highest BCUT2D eigenvalue weighted by Gasteiger charge is 2.27. The van der Waals surface area contributed by atoms with E-state index in [1.54, 1.807) is 11.9 Å². The molecule has 3 amide bonds. The van der Waals surface area contributed by atoms with Crippen molar-refractivity contribution in [3.8, 4) is 0 Å². The lowest BCUT2D eigenvalue weighted by Gasteiger charge is -2.32. The van der Waals surface area contributed by atoms with E-state index >= 15 is 0 Å². The van der Waals surface area contributed by atoms with Gasteiger partial charge in [-0.15, -0.1) is 0 Å². The van der Waals surface area contributed by atoms with Crippen LogP contribution in [0.5, 0.6) is 0 Å². The van der Waals surface area contributed by atoms with Crippen LogP contribution in [0.1, 0.15) is 26.2 Å². The molecule has 1 saturated heterocycles. The fourth-order valence-electron chi connectivity index (χ4n) is 2.32. The molecule has 0 radical (unpaired) electrons. The van der Waals surface area contributed by atoms with Crippen LogP contribution in [0.15, 0.2) is 12.7 Å². The summed E-state index contributed by atoms with van der Waals surface area (Å²) in [5, 5.41) is 2.89. The number of amides is 3. The minimum atomic E-state index is -0.267. The van der Waals surface area contributed by atoms with Crippen molar-refractivity contribution >= 4 is 17.7 Å². The maximum atomic E-state index is 12.1. The van der Waals surface area contributed by atoms with E-state index in [0.717, 1.165) is 6.42 Å². The summed E-state index contributed by atoms with van der Waals surface area (Å²) in [4.78, 5) is 38.4. The number of hydrogen-bond donors (Lipinski definition) is 1. The lowest BCUT2D eigenvalue weighted by Crippen LogP contribution is -2.46. The lowest BCUT2D eigenvalue weighted by molar-refractivity contribution is -0.139. The summed E-state index contributed by atoms with van der Waals surface area (Å²) in [6, 6.07) is 0. The highest BCUT2D eigenvalue weighted by Crippen LogP contribution is 2.17. The van der Waals surface area contributed by atoms with Gasteiger partial charge < -0.3 is 15.1 Å². The van der Waals surface area contributed by atoms with Crippen molar-refractivity contribution in [2.45, 2.75) is 26.2 Å². The molecule has 6 nitrogen and oxygen atoms in total. The standard InChI is InChI=1S/C15H25N3O3/c1-4-8-16-15(21)12-6-9-18(10-7-12)14(20)11-17(3)13(19)5-2/h5,12H,2,4,6-11H2,1,3H3,(H,16,21). The van der Waals surface area contributed by atoms with Gasteiger partial charge in [-0.3, -0.25) is 14.4 Å². The minimum Gasteiger partial charge on any atom is -0.356 e. The Kier molecular flexibility index (Phi) is 6.91. The third kappa shape index (κ3) is 5.21. The Hall–Kier alpha value is -1.85. The quantitative estimate of drug-likeness (QED) is 0.721. The number of nitrogens with zero attached hydrogens (tertiary/aromatic N) is 2. The van der Waals surface area contributed by atoms with Crippen molar-refractivity contribution in [1.29, 1.82) is 0 Å². The number of nitrogens with one attached hydrogen (secondary N) is 1. The molecule has 0 atom stereocenters. The van der Waals surface area contributed by atoms with Crippen LogP contribution in [0.4, 0.5) is 0 Å². The molecule has 0 spiro atoms.